The number of aromatic amines is 1. The Morgan fingerprint density at radius 2 is 2.35 bits per heavy atom. The van der Waals surface area contributed by atoms with Gasteiger partial charge in [0, 0.05) is 23.9 Å². The molecule has 0 spiro atoms. The number of nitrogens with one attached hydrogen (secondary N) is 2. The van der Waals surface area contributed by atoms with Gasteiger partial charge >= 0.3 is 0 Å². The van der Waals surface area contributed by atoms with Crippen LogP contribution in [0.5, 0.6) is 0 Å². The normalized spacial score (nSPS) is 10.7. The number of fused-ring (bicyclic) bond motifs is 1. The Kier molecular flexibility index (Phi) is 3.39. The molecule has 2 heterocycles. The first-order valence-corrected chi connectivity index (χ1v) is 5.55. The Hall–Kier alpha value is -1.88. The van der Waals surface area contributed by atoms with E-state index >= 15 is 0 Å². The van der Waals surface area contributed by atoms with Crippen molar-refractivity contribution in [1.82, 2.24) is 15.0 Å². The minimum Gasteiger partial charge on any atom is -0.376 e. The van der Waals surface area contributed by atoms with Crippen molar-refractivity contribution in [1.29, 1.82) is 0 Å². The summed E-state index contributed by atoms with van der Waals surface area (Å²) in [5, 5.41) is 4.07. The van der Waals surface area contributed by atoms with Crippen molar-refractivity contribution in [3.63, 3.8) is 0 Å². The second kappa shape index (κ2) is 4.97. The Labute approximate surface area is 99.9 Å². The van der Waals surface area contributed by atoms with Crippen LogP contribution in [0.2, 0.25) is 0 Å². The molecule has 0 bridgehead atoms. The van der Waals surface area contributed by atoms with Crippen molar-refractivity contribution in [2.45, 2.75) is 13.8 Å². The lowest BCUT2D eigenvalue weighted by Crippen LogP contribution is -2.09. The lowest BCUT2D eigenvalue weighted by atomic mass is 10.3. The number of aromatic nitrogens is 3. The van der Waals surface area contributed by atoms with Gasteiger partial charge in [0.1, 0.15) is 5.65 Å². The van der Waals surface area contributed by atoms with Crippen molar-refractivity contribution in [2.24, 2.45) is 0 Å². The van der Waals surface area contributed by atoms with Crippen LogP contribution in [-0.2, 0) is 4.74 Å². The first-order chi connectivity index (χ1) is 8.20. The van der Waals surface area contributed by atoms with Gasteiger partial charge in [0.05, 0.1) is 12.3 Å². The van der Waals surface area contributed by atoms with Crippen LogP contribution < -0.4 is 5.32 Å². The fourth-order valence-electron chi connectivity index (χ4n) is 1.57. The van der Waals surface area contributed by atoms with Crippen molar-refractivity contribution < 1.29 is 4.74 Å². The second-order valence-corrected chi connectivity index (χ2v) is 3.74. The van der Waals surface area contributed by atoms with Crippen LogP contribution in [0, 0.1) is 6.92 Å². The van der Waals surface area contributed by atoms with E-state index in [-0.39, 0.29) is 0 Å². The van der Waals surface area contributed by atoms with Gasteiger partial charge in [0.15, 0.2) is 0 Å². The summed E-state index contributed by atoms with van der Waals surface area (Å²) in [6.07, 6.45) is 1.85. The molecule has 2 aromatic heterocycles. The van der Waals surface area contributed by atoms with E-state index in [0.29, 0.717) is 19.2 Å². The van der Waals surface area contributed by atoms with E-state index in [2.05, 4.69) is 26.8 Å². The van der Waals surface area contributed by atoms with Crippen LogP contribution >= 0.6 is 0 Å². The molecule has 0 atom stereocenters. The first-order valence-electron chi connectivity index (χ1n) is 5.55. The van der Waals surface area contributed by atoms with E-state index in [4.69, 9.17) is 4.74 Å². The molecule has 0 aliphatic heterocycles. The summed E-state index contributed by atoms with van der Waals surface area (Å²) in [7, 11) is 0. The van der Waals surface area contributed by atoms with Crippen LogP contribution in [0.15, 0.2) is 24.5 Å². The molecule has 2 N–H and O–H groups in total. The number of rotatable bonds is 5. The Morgan fingerprint density at radius 3 is 3.12 bits per heavy atom. The zero-order valence-corrected chi connectivity index (χ0v) is 10.1. The zero-order valence-electron chi connectivity index (χ0n) is 10.1. The van der Waals surface area contributed by atoms with Crippen LogP contribution in [0.4, 0.5) is 5.95 Å². The van der Waals surface area contributed by atoms with Crippen molar-refractivity contribution >= 4 is 17.0 Å². The molecule has 0 aliphatic carbocycles. The average Bonchev–Trinajstić information content (AvgIpc) is 2.75. The highest BCUT2D eigenvalue weighted by Crippen LogP contribution is 2.15. The first kappa shape index (κ1) is 11.6. The third-order valence-electron chi connectivity index (χ3n) is 2.38. The molecule has 0 radical (unpaired) electrons. The second-order valence-electron chi connectivity index (χ2n) is 3.74. The molecule has 0 saturated heterocycles. The number of nitrogens with zero attached hydrogens (tertiary/aromatic N) is 2. The number of hydrogen-bond donors (Lipinski definition) is 2. The highest BCUT2D eigenvalue weighted by Gasteiger charge is 2.05. The molecule has 0 unspecified atom stereocenters. The summed E-state index contributed by atoms with van der Waals surface area (Å²) >= 11 is 0. The molecular formula is C12H16N4O. The smallest absolute Gasteiger partial charge is 0.229 e. The summed E-state index contributed by atoms with van der Waals surface area (Å²) in [5.74, 6) is 0.544. The summed E-state index contributed by atoms with van der Waals surface area (Å²) in [6.45, 7) is 8.88. The topological polar surface area (TPSA) is 62.8 Å². The fourth-order valence-corrected chi connectivity index (χ4v) is 1.57. The number of ether oxygens (including phenoxy) is 1. The summed E-state index contributed by atoms with van der Waals surface area (Å²) < 4.78 is 5.24. The van der Waals surface area contributed by atoms with Crippen LogP contribution in [0.1, 0.15) is 12.6 Å². The molecule has 0 amide bonds. The van der Waals surface area contributed by atoms with Crippen molar-refractivity contribution in [3.8, 4) is 0 Å². The van der Waals surface area contributed by atoms with Crippen LogP contribution in [0.3, 0.4) is 0 Å². The van der Waals surface area contributed by atoms with Gasteiger partial charge < -0.3 is 15.0 Å². The Balaban J connectivity index is 2.16. The molecule has 2 aromatic rings. The van der Waals surface area contributed by atoms with Gasteiger partial charge in [-0.1, -0.05) is 6.58 Å². The third-order valence-corrected chi connectivity index (χ3v) is 2.38. The number of hydrogen-bond acceptors (Lipinski definition) is 4. The molecule has 2 rings (SSSR count). The SMILES string of the molecule is C=C(COCC)Nc1nc(C)c2cc[nH]c2n1. The van der Waals surface area contributed by atoms with Gasteiger partial charge in [0.25, 0.3) is 0 Å². The predicted octanol–water partition coefficient (Wildman–Crippen LogP) is 2.23. The number of anilines is 1. The predicted molar refractivity (Wildman–Crippen MR) is 67.9 cm³/mol. The molecule has 5 nitrogen and oxygen atoms in total. The molecule has 90 valence electrons. The van der Waals surface area contributed by atoms with E-state index in [9.17, 15) is 0 Å². The molecule has 0 saturated carbocycles. The zero-order chi connectivity index (χ0) is 12.3. The lowest BCUT2D eigenvalue weighted by molar-refractivity contribution is 0.172. The van der Waals surface area contributed by atoms with Crippen molar-refractivity contribution in [3.05, 3.63) is 30.2 Å². The van der Waals surface area contributed by atoms with Gasteiger partial charge in [0.2, 0.25) is 5.95 Å². The van der Waals surface area contributed by atoms with Gasteiger partial charge in [-0.3, -0.25) is 0 Å². The minimum atomic E-state index is 0.460. The highest BCUT2D eigenvalue weighted by molar-refractivity contribution is 5.78. The third kappa shape index (κ3) is 2.62. The maximum absolute atomic E-state index is 5.24. The Bertz CT molecular complexity index is 532. The summed E-state index contributed by atoms with van der Waals surface area (Å²) in [6, 6.07) is 1.96. The van der Waals surface area contributed by atoms with Crippen molar-refractivity contribution in [2.75, 3.05) is 18.5 Å². The minimum absolute atomic E-state index is 0.460. The molecule has 0 fully saturated rings. The summed E-state index contributed by atoms with van der Waals surface area (Å²) in [4.78, 5) is 11.8. The largest absolute Gasteiger partial charge is 0.376 e. The van der Waals surface area contributed by atoms with E-state index in [1.54, 1.807) is 0 Å². The van der Waals surface area contributed by atoms with Crippen LogP contribution in [0.25, 0.3) is 11.0 Å². The number of aryl methyl sites for hydroxylation is 1. The number of H-pyrrole nitrogens is 1. The van der Waals surface area contributed by atoms with Gasteiger partial charge in [-0.05, 0) is 19.9 Å². The molecule has 5 heteroatoms. The maximum atomic E-state index is 5.24. The molecule has 17 heavy (non-hydrogen) atoms. The van der Waals surface area contributed by atoms with E-state index in [1.807, 2.05) is 26.1 Å². The van der Waals surface area contributed by atoms with Gasteiger partial charge in [-0.25, -0.2) is 4.98 Å². The van der Waals surface area contributed by atoms with E-state index in [1.165, 1.54) is 0 Å². The average molecular weight is 232 g/mol. The van der Waals surface area contributed by atoms with E-state index in [0.717, 1.165) is 22.4 Å². The lowest BCUT2D eigenvalue weighted by Gasteiger charge is -2.08. The molecule has 0 aliphatic rings. The van der Waals surface area contributed by atoms with Crippen LogP contribution in [-0.4, -0.2) is 28.2 Å². The monoisotopic (exact) mass is 232 g/mol. The fraction of sp³-hybridized carbons (Fsp3) is 0.333. The molecular weight excluding hydrogens is 216 g/mol. The maximum Gasteiger partial charge on any atom is 0.229 e. The standard InChI is InChI=1S/C12H16N4O/c1-4-17-7-8(2)14-12-15-9(3)10-5-6-13-11(10)16-12/h5-6H,2,4,7H2,1,3H3,(H2,13,14,15,16). The molecule has 0 aromatic carbocycles. The van der Waals surface area contributed by atoms with Gasteiger partial charge in [-0.15, -0.1) is 0 Å². The Morgan fingerprint density at radius 1 is 1.53 bits per heavy atom. The van der Waals surface area contributed by atoms with E-state index < -0.39 is 0 Å². The highest BCUT2D eigenvalue weighted by atomic mass is 16.5. The quantitative estimate of drug-likeness (QED) is 0.829. The summed E-state index contributed by atoms with van der Waals surface area (Å²) in [5.41, 5.74) is 2.50. The van der Waals surface area contributed by atoms with Gasteiger partial charge in [-0.2, -0.15) is 4.98 Å².